The molecule has 1 aromatic heterocycles. The van der Waals surface area contributed by atoms with Gasteiger partial charge < -0.3 is 5.32 Å². The molecule has 2 aromatic carbocycles. The van der Waals surface area contributed by atoms with Crippen LogP contribution in [0.4, 0.5) is 5.69 Å². The molecule has 0 spiro atoms. The SMILES string of the molecule is CC.Cc1ccc(NC(=O)c2ccc3ncccc3c2)cc1. The van der Waals surface area contributed by atoms with E-state index in [9.17, 15) is 4.79 Å². The summed E-state index contributed by atoms with van der Waals surface area (Å²) in [6.07, 6.45) is 1.74. The summed E-state index contributed by atoms with van der Waals surface area (Å²) in [6, 6.07) is 17.1. The molecule has 0 fully saturated rings. The van der Waals surface area contributed by atoms with Gasteiger partial charge in [0.15, 0.2) is 0 Å². The summed E-state index contributed by atoms with van der Waals surface area (Å²) in [6.45, 7) is 6.02. The monoisotopic (exact) mass is 292 g/mol. The van der Waals surface area contributed by atoms with Gasteiger partial charge in [0.1, 0.15) is 0 Å². The van der Waals surface area contributed by atoms with E-state index < -0.39 is 0 Å². The molecule has 3 rings (SSSR count). The third-order valence-corrected chi connectivity index (χ3v) is 3.17. The van der Waals surface area contributed by atoms with Crippen LogP contribution in [0.1, 0.15) is 29.8 Å². The van der Waals surface area contributed by atoms with Gasteiger partial charge in [0.05, 0.1) is 5.52 Å². The van der Waals surface area contributed by atoms with Gasteiger partial charge in [-0.05, 0) is 43.3 Å². The first kappa shape index (κ1) is 15.7. The van der Waals surface area contributed by atoms with Gasteiger partial charge in [-0.2, -0.15) is 0 Å². The number of amides is 1. The summed E-state index contributed by atoms with van der Waals surface area (Å²) in [4.78, 5) is 16.5. The molecular weight excluding hydrogens is 272 g/mol. The van der Waals surface area contributed by atoms with Crippen LogP contribution in [0.3, 0.4) is 0 Å². The summed E-state index contributed by atoms with van der Waals surface area (Å²) in [5.74, 6) is -0.111. The van der Waals surface area contributed by atoms with E-state index in [1.165, 1.54) is 5.56 Å². The Morgan fingerprint density at radius 1 is 1.00 bits per heavy atom. The zero-order valence-corrected chi connectivity index (χ0v) is 13.1. The van der Waals surface area contributed by atoms with Gasteiger partial charge in [-0.25, -0.2) is 0 Å². The Kier molecular flexibility index (Phi) is 5.26. The highest BCUT2D eigenvalue weighted by Gasteiger charge is 2.07. The summed E-state index contributed by atoms with van der Waals surface area (Å²) in [5.41, 5.74) is 3.48. The van der Waals surface area contributed by atoms with Crippen molar-refractivity contribution in [2.24, 2.45) is 0 Å². The van der Waals surface area contributed by atoms with Crippen molar-refractivity contribution in [2.45, 2.75) is 20.8 Å². The average Bonchev–Trinajstić information content (AvgIpc) is 2.58. The Labute approximate surface area is 131 Å². The quantitative estimate of drug-likeness (QED) is 0.735. The molecule has 1 heterocycles. The highest BCUT2D eigenvalue weighted by atomic mass is 16.1. The van der Waals surface area contributed by atoms with Crippen LogP contribution in [0.2, 0.25) is 0 Å². The first-order valence-electron chi connectivity index (χ1n) is 7.45. The minimum Gasteiger partial charge on any atom is -0.322 e. The zero-order chi connectivity index (χ0) is 15.9. The van der Waals surface area contributed by atoms with E-state index in [4.69, 9.17) is 0 Å². The molecule has 0 saturated carbocycles. The highest BCUT2D eigenvalue weighted by molar-refractivity contribution is 6.06. The van der Waals surface area contributed by atoms with Gasteiger partial charge >= 0.3 is 0 Å². The van der Waals surface area contributed by atoms with Gasteiger partial charge in [0, 0.05) is 22.8 Å². The Morgan fingerprint density at radius 2 is 1.73 bits per heavy atom. The molecule has 1 amide bonds. The van der Waals surface area contributed by atoms with Crippen molar-refractivity contribution in [3.05, 3.63) is 71.9 Å². The molecule has 0 aliphatic heterocycles. The molecule has 112 valence electrons. The fraction of sp³-hybridized carbons (Fsp3) is 0.158. The number of benzene rings is 2. The summed E-state index contributed by atoms with van der Waals surface area (Å²) in [7, 11) is 0. The van der Waals surface area contributed by atoms with Crippen LogP contribution < -0.4 is 5.32 Å². The molecule has 0 aliphatic carbocycles. The van der Waals surface area contributed by atoms with Gasteiger partial charge in [-0.3, -0.25) is 9.78 Å². The van der Waals surface area contributed by atoms with E-state index in [0.717, 1.165) is 16.6 Å². The Morgan fingerprint density at radius 3 is 2.45 bits per heavy atom. The van der Waals surface area contributed by atoms with Crippen molar-refractivity contribution >= 4 is 22.5 Å². The Hall–Kier alpha value is -2.68. The number of pyridine rings is 1. The molecule has 22 heavy (non-hydrogen) atoms. The number of nitrogens with one attached hydrogen (secondary N) is 1. The maximum atomic E-state index is 12.2. The second-order valence-electron chi connectivity index (χ2n) is 4.73. The summed E-state index contributed by atoms with van der Waals surface area (Å²) < 4.78 is 0. The number of aromatic nitrogens is 1. The van der Waals surface area contributed by atoms with E-state index in [1.54, 1.807) is 12.3 Å². The largest absolute Gasteiger partial charge is 0.322 e. The predicted molar refractivity (Wildman–Crippen MR) is 92.2 cm³/mol. The molecular formula is C19H20N2O. The second-order valence-corrected chi connectivity index (χ2v) is 4.73. The number of anilines is 1. The van der Waals surface area contributed by atoms with E-state index in [-0.39, 0.29) is 5.91 Å². The van der Waals surface area contributed by atoms with Crippen molar-refractivity contribution < 1.29 is 4.79 Å². The van der Waals surface area contributed by atoms with Crippen molar-refractivity contribution in [1.29, 1.82) is 0 Å². The zero-order valence-electron chi connectivity index (χ0n) is 13.1. The van der Waals surface area contributed by atoms with Crippen LogP contribution in [0.15, 0.2) is 60.8 Å². The normalized spacial score (nSPS) is 9.77. The highest BCUT2D eigenvalue weighted by Crippen LogP contribution is 2.15. The minimum atomic E-state index is -0.111. The number of fused-ring (bicyclic) bond motifs is 1. The van der Waals surface area contributed by atoms with Crippen LogP contribution >= 0.6 is 0 Å². The van der Waals surface area contributed by atoms with E-state index in [0.29, 0.717) is 5.56 Å². The molecule has 0 aliphatic rings. The average molecular weight is 292 g/mol. The van der Waals surface area contributed by atoms with Crippen LogP contribution in [-0.2, 0) is 0 Å². The first-order valence-corrected chi connectivity index (χ1v) is 7.45. The number of aryl methyl sites for hydroxylation is 1. The molecule has 3 nitrogen and oxygen atoms in total. The topological polar surface area (TPSA) is 42.0 Å². The molecule has 0 radical (unpaired) electrons. The number of carbonyl (C=O) groups excluding carboxylic acids is 1. The number of rotatable bonds is 2. The van der Waals surface area contributed by atoms with E-state index in [1.807, 2.05) is 69.3 Å². The first-order chi connectivity index (χ1) is 10.7. The van der Waals surface area contributed by atoms with E-state index >= 15 is 0 Å². The lowest BCUT2D eigenvalue weighted by Gasteiger charge is -2.06. The lowest BCUT2D eigenvalue weighted by atomic mass is 10.1. The van der Waals surface area contributed by atoms with Crippen LogP contribution in [-0.4, -0.2) is 10.9 Å². The maximum Gasteiger partial charge on any atom is 0.255 e. The minimum absolute atomic E-state index is 0.111. The second kappa shape index (κ2) is 7.36. The summed E-state index contributed by atoms with van der Waals surface area (Å²) >= 11 is 0. The predicted octanol–water partition coefficient (Wildman–Crippen LogP) is 4.82. The number of hydrogen-bond acceptors (Lipinski definition) is 2. The third kappa shape index (κ3) is 3.70. The maximum absolute atomic E-state index is 12.2. The Balaban J connectivity index is 0.000000847. The molecule has 0 bridgehead atoms. The molecule has 0 atom stereocenters. The smallest absolute Gasteiger partial charge is 0.255 e. The lowest BCUT2D eigenvalue weighted by Crippen LogP contribution is -2.11. The molecule has 3 aromatic rings. The van der Waals surface area contributed by atoms with Gasteiger partial charge in [-0.1, -0.05) is 37.6 Å². The standard InChI is InChI=1S/C17H14N2O.C2H6/c1-12-4-7-15(8-5-12)19-17(20)14-6-9-16-13(11-14)3-2-10-18-16;1-2/h2-11H,1H3,(H,19,20);1-2H3. The Bertz CT molecular complexity index is 764. The summed E-state index contributed by atoms with van der Waals surface area (Å²) in [5, 5.41) is 3.85. The molecule has 0 unspecified atom stereocenters. The van der Waals surface area contributed by atoms with Crippen LogP contribution in [0.5, 0.6) is 0 Å². The van der Waals surface area contributed by atoms with Crippen molar-refractivity contribution in [3.8, 4) is 0 Å². The number of nitrogens with zero attached hydrogens (tertiary/aromatic N) is 1. The third-order valence-electron chi connectivity index (χ3n) is 3.17. The van der Waals surface area contributed by atoms with Gasteiger partial charge in [-0.15, -0.1) is 0 Å². The van der Waals surface area contributed by atoms with Gasteiger partial charge in [0.2, 0.25) is 0 Å². The lowest BCUT2D eigenvalue weighted by molar-refractivity contribution is 0.102. The molecule has 3 heteroatoms. The fourth-order valence-electron chi connectivity index (χ4n) is 2.06. The van der Waals surface area contributed by atoms with Crippen LogP contribution in [0.25, 0.3) is 10.9 Å². The van der Waals surface area contributed by atoms with Crippen molar-refractivity contribution in [2.75, 3.05) is 5.32 Å². The van der Waals surface area contributed by atoms with E-state index in [2.05, 4.69) is 10.3 Å². The number of hydrogen-bond donors (Lipinski definition) is 1. The van der Waals surface area contributed by atoms with Crippen molar-refractivity contribution in [1.82, 2.24) is 4.98 Å². The van der Waals surface area contributed by atoms with Gasteiger partial charge in [0.25, 0.3) is 5.91 Å². The molecule has 1 N–H and O–H groups in total. The van der Waals surface area contributed by atoms with Crippen molar-refractivity contribution in [3.63, 3.8) is 0 Å². The molecule has 0 saturated heterocycles. The fourth-order valence-corrected chi connectivity index (χ4v) is 2.06. The number of carbonyl (C=O) groups is 1. The van der Waals surface area contributed by atoms with Crippen LogP contribution in [0, 0.1) is 6.92 Å².